The van der Waals surface area contributed by atoms with E-state index >= 15 is 0 Å². The monoisotopic (exact) mass is 266 g/mol. The van der Waals surface area contributed by atoms with Gasteiger partial charge in [0.1, 0.15) is 0 Å². The minimum atomic E-state index is -0.167. The van der Waals surface area contributed by atoms with Crippen LogP contribution in [-0.4, -0.2) is 4.98 Å². The lowest BCUT2D eigenvalue weighted by Gasteiger charge is -2.39. The summed E-state index contributed by atoms with van der Waals surface area (Å²) in [5.74, 6) is 1.80. The fraction of sp³-hybridized carbons (Fsp3) is 0.500. The Morgan fingerprint density at radius 3 is 2.75 bits per heavy atom. The molecule has 2 aliphatic rings. The molecule has 0 bridgehead atoms. The van der Waals surface area contributed by atoms with E-state index in [-0.39, 0.29) is 5.54 Å². The summed E-state index contributed by atoms with van der Waals surface area (Å²) >= 11 is 0. The van der Waals surface area contributed by atoms with Gasteiger partial charge in [0.15, 0.2) is 0 Å². The average molecular weight is 266 g/mol. The fourth-order valence-corrected chi connectivity index (χ4v) is 4.08. The van der Waals surface area contributed by atoms with Crippen LogP contribution in [0.1, 0.15) is 44.1 Å². The summed E-state index contributed by atoms with van der Waals surface area (Å²) in [6.07, 6.45) is 11.7. The highest BCUT2D eigenvalue weighted by molar-refractivity contribution is 5.85. The highest BCUT2D eigenvalue weighted by Crippen LogP contribution is 2.49. The van der Waals surface area contributed by atoms with Crippen molar-refractivity contribution < 1.29 is 0 Å². The fourth-order valence-electron chi connectivity index (χ4n) is 4.08. The Labute approximate surface area is 120 Å². The van der Waals surface area contributed by atoms with Gasteiger partial charge in [0, 0.05) is 23.3 Å². The minimum Gasteiger partial charge on any atom is -0.321 e. The van der Waals surface area contributed by atoms with Crippen LogP contribution in [0.25, 0.3) is 10.8 Å². The van der Waals surface area contributed by atoms with Crippen molar-refractivity contribution >= 4 is 10.8 Å². The van der Waals surface area contributed by atoms with Crippen molar-refractivity contribution in [2.45, 2.75) is 44.1 Å². The van der Waals surface area contributed by atoms with Gasteiger partial charge < -0.3 is 5.73 Å². The highest BCUT2D eigenvalue weighted by atomic mass is 14.8. The number of nitrogens with zero attached hydrogens (tertiary/aromatic N) is 1. The quantitative estimate of drug-likeness (QED) is 0.892. The smallest absolute Gasteiger partial charge is 0.0433 e. The lowest BCUT2D eigenvalue weighted by atomic mass is 9.70. The number of fused-ring (bicyclic) bond motifs is 1. The van der Waals surface area contributed by atoms with E-state index in [1.54, 1.807) is 0 Å². The Kier molecular flexibility index (Phi) is 2.81. The van der Waals surface area contributed by atoms with Crippen molar-refractivity contribution in [1.82, 2.24) is 4.98 Å². The Balaban J connectivity index is 1.76. The Bertz CT molecular complexity index is 627. The largest absolute Gasteiger partial charge is 0.321 e. The van der Waals surface area contributed by atoms with Crippen LogP contribution in [0.4, 0.5) is 0 Å². The normalized spacial score (nSPS) is 30.6. The molecular formula is C18H22N2. The van der Waals surface area contributed by atoms with Crippen LogP contribution in [0.2, 0.25) is 0 Å². The number of nitrogens with two attached hydrogens (primary N) is 1. The zero-order chi connectivity index (χ0) is 13.6. The van der Waals surface area contributed by atoms with Gasteiger partial charge in [-0.25, -0.2) is 0 Å². The second-order valence-electron chi connectivity index (χ2n) is 6.76. The zero-order valence-corrected chi connectivity index (χ0v) is 11.9. The van der Waals surface area contributed by atoms with Crippen LogP contribution in [0.3, 0.4) is 0 Å². The second-order valence-corrected chi connectivity index (χ2v) is 6.76. The zero-order valence-electron chi connectivity index (χ0n) is 11.9. The van der Waals surface area contributed by atoms with E-state index in [0.717, 1.165) is 24.7 Å². The Morgan fingerprint density at radius 2 is 1.90 bits per heavy atom. The van der Waals surface area contributed by atoms with E-state index in [1.807, 2.05) is 12.4 Å². The van der Waals surface area contributed by atoms with Gasteiger partial charge >= 0.3 is 0 Å². The van der Waals surface area contributed by atoms with Crippen molar-refractivity contribution in [3.05, 3.63) is 42.2 Å². The molecule has 2 nitrogen and oxygen atoms in total. The first kappa shape index (κ1) is 12.3. The number of hydrogen-bond acceptors (Lipinski definition) is 2. The molecule has 2 saturated carbocycles. The molecule has 0 amide bonds. The molecule has 2 heteroatoms. The molecule has 2 N–H and O–H groups in total. The van der Waals surface area contributed by atoms with Gasteiger partial charge in [-0.1, -0.05) is 37.1 Å². The molecule has 0 saturated heterocycles. The Hall–Kier alpha value is -1.41. The number of aromatic nitrogens is 1. The number of pyridine rings is 1. The summed E-state index contributed by atoms with van der Waals surface area (Å²) in [5.41, 5.74) is 7.96. The van der Waals surface area contributed by atoms with Gasteiger partial charge in [-0.05, 0) is 48.5 Å². The minimum absolute atomic E-state index is 0.167. The third kappa shape index (κ3) is 2.03. The van der Waals surface area contributed by atoms with Crippen molar-refractivity contribution in [2.75, 3.05) is 0 Å². The van der Waals surface area contributed by atoms with Gasteiger partial charge in [-0.3, -0.25) is 4.98 Å². The van der Waals surface area contributed by atoms with Crippen LogP contribution in [0.5, 0.6) is 0 Å². The molecular weight excluding hydrogens is 244 g/mol. The summed E-state index contributed by atoms with van der Waals surface area (Å²) in [7, 11) is 0. The summed E-state index contributed by atoms with van der Waals surface area (Å²) < 4.78 is 0. The molecule has 4 rings (SSSR count). The SMILES string of the molecule is NC1(c2cncc3ccccc23)CCCC(C2CC2)C1. The molecule has 2 atom stereocenters. The van der Waals surface area contributed by atoms with Gasteiger partial charge in [-0.2, -0.15) is 0 Å². The van der Waals surface area contributed by atoms with Crippen LogP contribution < -0.4 is 5.73 Å². The van der Waals surface area contributed by atoms with Gasteiger partial charge in [0.25, 0.3) is 0 Å². The van der Waals surface area contributed by atoms with Crippen molar-refractivity contribution in [1.29, 1.82) is 0 Å². The molecule has 2 fully saturated rings. The third-order valence-electron chi connectivity index (χ3n) is 5.32. The van der Waals surface area contributed by atoms with Crippen molar-refractivity contribution in [3.63, 3.8) is 0 Å². The maximum atomic E-state index is 6.86. The van der Waals surface area contributed by atoms with E-state index in [1.165, 1.54) is 42.0 Å². The van der Waals surface area contributed by atoms with Crippen molar-refractivity contribution in [3.8, 4) is 0 Å². The summed E-state index contributed by atoms with van der Waals surface area (Å²) in [6.45, 7) is 0. The Morgan fingerprint density at radius 1 is 1.05 bits per heavy atom. The van der Waals surface area contributed by atoms with Crippen LogP contribution in [0, 0.1) is 11.8 Å². The van der Waals surface area contributed by atoms with Gasteiger partial charge in [-0.15, -0.1) is 0 Å². The average Bonchev–Trinajstić information content (AvgIpc) is 3.31. The second kappa shape index (κ2) is 4.56. The molecule has 0 aliphatic heterocycles. The molecule has 2 aliphatic carbocycles. The molecule has 1 aromatic carbocycles. The molecule has 104 valence electrons. The first-order valence-corrected chi connectivity index (χ1v) is 7.88. The van der Waals surface area contributed by atoms with E-state index < -0.39 is 0 Å². The van der Waals surface area contributed by atoms with E-state index in [4.69, 9.17) is 5.73 Å². The first-order chi connectivity index (χ1) is 9.76. The molecule has 0 radical (unpaired) electrons. The standard InChI is InChI=1S/C18H22N2/c19-18(9-3-5-14(10-18)13-7-8-13)17-12-20-11-15-4-1-2-6-16(15)17/h1-2,4,6,11-14H,3,5,7-10,19H2. The summed E-state index contributed by atoms with van der Waals surface area (Å²) in [6, 6.07) is 8.51. The van der Waals surface area contributed by atoms with Crippen LogP contribution in [-0.2, 0) is 5.54 Å². The van der Waals surface area contributed by atoms with Crippen LogP contribution >= 0.6 is 0 Å². The van der Waals surface area contributed by atoms with Crippen molar-refractivity contribution in [2.24, 2.45) is 17.6 Å². The summed E-state index contributed by atoms with van der Waals surface area (Å²) in [4.78, 5) is 4.44. The number of hydrogen-bond donors (Lipinski definition) is 1. The molecule has 2 aromatic rings. The van der Waals surface area contributed by atoms with Gasteiger partial charge in [0.2, 0.25) is 0 Å². The highest BCUT2D eigenvalue weighted by Gasteiger charge is 2.41. The van der Waals surface area contributed by atoms with E-state index in [2.05, 4.69) is 29.2 Å². The topological polar surface area (TPSA) is 38.9 Å². The first-order valence-electron chi connectivity index (χ1n) is 7.88. The lowest BCUT2D eigenvalue weighted by molar-refractivity contribution is 0.207. The molecule has 20 heavy (non-hydrogen) atoms. The maximum absolute atomic E-state index is 6.86. The predicted molar refractivity (Wildman–Crippen MR) is 82.3 cm³/mol. The van der Waals surface area contributed by atoms with Crippen LogP contribution in [0.15, 0.2) is 36.7 Å². The van der Waals surface area contributed by atoms with E-state index in [0.29, 0.717) is 0 Å². The maximum Gasteiger partial charge on any atom is 0.0433 e. The summed E-state index contributed by atoms with van der Waals surface area (Å²) in [5, 5.41) is 2.50. The molecule has 1 aromatic heterocycles. The predicted octanol–water partition coefficient (Wildman–Crippen LogP) is 3.99. The number of benzene rings is 1. The molecule has 0 spiro atoms. The molecule has 2 unspecified atom stereocenters. The lowest BCUT2D eigenvalue weighted by Crippen LogP contribution is -2.42. The van der Waals surface area contributed by atoms with Gasteiger partial charge in [0.05, 0.1) is 0 Å². The third-order valence-corrected chi connectivity index (χ3v) is 5.32. The number of rotatable bonds is 2. The van der Waals surface area contributed by atoms with E-state index in [9.17, 15) is 0 Å². The molecule has 1 heterocycles.